The second-order valence-corrected chi connectivity index (χ2v) is 6.24. The maximum atomic E-state index is 11.6. The van der Waals surface area contributed by atoms with E-state index >= 15 is 0 Å². The first-order chi connectivity index (χ1) is 9.65. The molecular formula is C14H23IN4OS. The number of rotatable bonds is 6. The van der Waals surface area contributed by atoms with Crippen LogP contribution in [0.15, 0.2) is 22.5 Å². The molecule has 5 nitrogen and oxygen atoms in total. The first-order valence-electron chi connectivity index (χ1n) is 6.90. The number of nitrogens with zero attached hydrogens (tertiary/aromatic N) is 2. The molecule has 21 heavy (non-hydrogen) atoms. The predicted octanol–water partition coefficient (Wildman–Crippen LogP) is 1.90. The van der Waals surface area contributed by atoms with E-state index in [1.165, 1.54) is 17.7 Å². The summed E-state index contributed by atoms with van der Waals surface area (Å²) in [6.07, 6.45) is 2.59. The molecule has 118 valence electrons. The van der Waals surface area contributed by atoms with Gasteiger partial charge in [0.15, 0.2) is 5.96 Å². The van der Waals surface area contributed by atoms with Crippen molar-refractivity contribution in [1.82, 2.24) is 15.5 Å². The van der Waals surface area contributed by atoms with Crippen LogP contribution in [-0.2, 0) is 11.3 Å². The van der Waals surface area contributed by atoms with E-state index in [1.807, 2.05) is 6.07 Å². The molecule has 0 atom stereocenters. The maximum absolute atomic E-state index is 11.6. The molecule has 2 rings (SSSR count). The summed E-state index contributed by atoms with van der Waals surface area (Å²) in [6.45, 7) is 1.86. The van der Waals surface area contributed by atoms with Gasteiger partial charge in [-0.05, 0) is 30.2 Å². The SMILES string of the molecule is CN(C)C(=O)CN=C(NCc1cccs1)NCC1CC1.I. The Kier molecular flexibility index (Phi) is 8.02. The largest absolute Gasteiger partial charge is 0.356 e. The minimum Gasteiger partial charge on any atom is -0.356 e. The lowest BCUT2D eigenvalue weighted by Gasteiger charge is -2.13. The summed E-state index contributed by atoms with van der Waals surface area (Å²) in [6, 6.07) is 4.12. The Morgan fingerprint density at radius 3 is 2.76 bits per heavy atom. The summed E-state index contributed by atoms with van der Waals surface area (Å²) in [5.41, 5.74) is 0. The number of thiophene rings is 1. The summed E-state index contributed by atoms with van der Waals surface area (Å²) in [5, 5.41) is 8.65. The third kappa shape index (κ3) is 7.12. The average molecular weight is 422 g/mol. The fourth-order valence-electron chi connectivity index (χ4n) is 1.61. The molecule has 0 spiro atoms. The number of carbonyl (C=O) groups is 1. The smallest absolute Gasteiger partial charge is 0.243 e. The molecule has 1 aromatic heterocycles. The van der Waals surface area contributed by atoms with Crippen molar-refractivity contribution in [2.75, 3.05) is 27.2 Å². The van der Waals surface area contributed by atoms with Gasteiger partial charge in [0.05, 0.1) is 6.54 Å². The van der Waals surface area contributed by atoms with E-state index in [2.05, 4.69) is 27.1 Å². The lowest BCUT2D eigenvalue weighted by Crippen LogP contribution is -2.39. The molecule has 1 aliphatic carbocycles. The number of likely N-dealkylation sites (N-methyl/N-ethyl adjacent to an activating group) is 1. The van der Waals surface area contributed by atoms with Gasteiger partial charge in [-0.15, -0.1) is 35.3 Å². The number of halogens is 1. The predicted molar refractivity (Wildman–Crippen MR) is 98.3 cm³/mol. The molecule has 0 unspecified atom stereocenters. The van der Waals surface area contributed by atoms with Crippen LogP contribution in [0, 0.1) is 5.92 Å². The van der Waals surface area contributed by atoms with Crippen molar-refractivity contribution >= 4 is 47.2 Å². The summed E-state index contributed by atoms with van der Waals surface area (Å²) in [5.74, 6) is 1.50. The number of nitrogens with one attached hydrogen (secondary N) is 2. The van der Waals surface area contributed by atoms with E-state index in [1.54, 1.807) is 30.3 Å². The van der Waals surface area contributed by atoms with Crippen molar-refractivity contribution in [1.29, 1.82) is 0 Å². The molecule has 1 fully saturated rings. The zero-order valence-corrected chi connectivity index (χ0v) is 15.6. The van der Waals surface area contributed by atoms with E-state index < -0.39 is 0 Å². The van der Waals surface area contributed by atoms with Crippen molar-refractivity contribution < 1.29 is 4.79 Å². The number of aliphatic imine (C=N–C) groups is 1. The van der Waals surface area contributed by atoms with Crippen LogP contribution < -0.4 is 10.6 Å². The lowest BCUT2D eigenvalue weighted by molar-refractivity contribution is -0.127. The van der Waals surface area contributed by atoms with Gasteiger partial charge in [0.25, 0.3) is 0 Å². The van der Waals surface area contributed by atoms with Gasteiger partial charge < -0.3 is 15.5 Å². The minimum absolute atomic E-state index is 0. The molecule has 2 N–H and O–H groups in total. The van der Waals surface area contributed by atoms with Crippen molar-refractivity contribution in [3.63, 3.8) is 0 Å². The van der Waals surface area contributed by atoms with Crippen LogP contribution >= 0.6 is 35.3 Å². The Balaban J connectivity index is 0.00000220. The summed E-state index contributed by atoms with van der Waals surface area (Å²) < 4.78 is 0. The van der Waals surface area contributed by atoms with Crippen molar-refractivity contribution in [3.8, 4) is 0 Å². The number of guanidine groups is 1. The van der Waals surface area contributed by atoms with E-state index in [9.17, 15) is 4.79 Å². The van der Waals surface area contributed by atoms with Gasteiger partial charge in [-0.3, -0.25) is 4.79 Å². The third-order valence-corrected chi connectivity index (χ3v) is 4.01. The summed E-state index contributed by atoms with van der Waals surface area (Å²) in [7, 11) is 3.49. The average Bonchev–Trinajstić information content (AvgIpc) is 3.11. The highest BCUT2D eigenvalue weighted by Gasteiger charge is 2.21. The molecule has 7 heteroatoms. The highest BCUT2D eigenvalue weighted by Crippen LogP contribution is 2.27. The van der Waals surface area contributed by atoms with Gasteiger partial charge in [0, 0.05) is 25.5 Å². The third-order valence-electron chi connectivity index (χ3n) is 3.14. The van der Waals surface area contributed by atoms with Crippen LogP contribution in [0.5, 0.6) is 0 Å². The zero-order chi connectivity index (χ0) is 14.4. The standard InChI is InChI=1S/C14H22N4OS.HI/c1-18(2)13(19)10-17-14(15-8-11-5-6-11)16-9-12-4-3-7-20-12;/h3-4,7,11H,5-6,8-10H2,1-2H3,(H2,15,16,17);1H. The number of carbonyl (C=O) groups excluding carboxylic acids is 1. The van der Waals surface area contributed by atoms with E-state index in [4.69, 9.17) is 0 Å². The number of hydrogen-bond donors (Lipinski definition) is 2. The van der Waals surface area contributed by atoms with Gasteiger partial charge >= 0.3 is 0 Å². The highest BCUT2D eigenvalue weighted by molar-refractivity contribution is 14.0. The van der Waals surface area contributed by atoms with Crippen LogP contribution in [0.25, 0.3) is 0 Å². The van der Waals surface area contributed by atoms with Crippen LogP contribution in [0.2, 0.25) is 0 Å². The number of amides is 1. The molecule has 0 aromatic carbocycles. The lowest BCUT2D eigenvalue weighted by atomic mass is 10.4. The van der Waals surface area contributed by atoms with Gasteiger partial charge in [-0.1, -0.05) is 6.07 Å². The summed E-state index contributed by atoms with van der Waals surface area (Å²) >= 11 is 1.71. The van der Waals surface area contributed by atoms with E-state index in [-0.39, 0.29) is 36.4 Å². The summed E-state index contributed by atoms with van der Waals surface area (Å²) in [4.78, 5) is 18.8. The fraction of sp³-hybridized carbons (Fsp3) is 0.571. The van der Waals surface area contributed by atoms with Gasteiger partial charge in [-0.25, -0.2) is 4.99 Å². The minimum atomic E-state index is 0. The topological polar surface area (TPSA) is 56.7 Å². The van der Waals surface area contributed by atoms with Crippen LogP contribution in [0.4, 0.5) is 0 Å². The zero-order valence-electron chi connectivity index (χ0n) is 12.5. The first kappa shape index (κ1) is 18.2. The van der Waals surface area contributed by atoms with Gasteiger partial charge in [0.1, 0.15) is 6.54 Å². The van der Waals surface area contributed by atoms with E-state index in [0.29, 0.717) is 0 Å². The van der Waals surface area contributed by atoms with Crippen molar-refractivity contribution in [3.05, 3.63) is 22.4 Å². The van der Waals surface area contributed by atoms with Crippen LogP contribution in [0.3, 0.4) is 0 Å². The first-order valence-corrected chi connectivity index (χ1v) is 7.78. The normalized spacial score (nSPS) is 14.3. The Morgan fingerprint density at radius 2 is 2.19 bits per heavy atom. The second-order valence-electron chi connectivity index (χ2n) is 5.21. The Bertz CT molecular complexity index is 458. The molecule has 0 radical (unpaired) electrons. The van der Waals surface area contributed by atoms with Gasteiger partial charge in [0.2, 0.25) is 5.91 Å². The fourth-order valence-corrected chi connectivity index (χ4v) is 2.25. The van der Waals surface area contributed by atoms with Crippen molar-refractivity contribution in [2.45, 2.75) is 19.4 Å². The van der Waals surface area contributed by atoms with E-state index in [0.717, 1.165) is 25.0 Å². The molecule has 1 heterocycles. The van der Waals surface area contributed by atoms with Crippen LogP contribution in [0.1, 0.15) is 17.7 Å². The van der Waals surface area contributed by atoms with Gasteiger partial charge in [-0.2, -0.15) is 0 Å². The Morgan fingerprint density at radius 1 is 1.43 bits per heavy atom. The highest BCUT2D eigenvalue weighted by atomic mass is 127. The molecular weight excluding hydrogens is 399 g/mol. The maximum Gasteiger partial charge on any atom is 0.243 e. The quantitative estimate of drug-likeness (QED) is 0.419. The number of hydrogen-bond acceptors (Lipinski definition) is 3. The molecule has 1 aliphatic rings. The second kappa shape index (κ2) is 9.24. The Labute approximate surface area is 147 Å². The molecule has 0 bridgehead atoms. The van der Waals surface area contributed by atoms with Crippen molar-refractivity contribution in [2.24, 2.45) is 10.9 Å². The molecule has 0 saturated heterocycles. The Hall–Kier alpha value is -0.830. The van der Waals surface area contributed by atoms with Crippen LogP contribution in [-0.4, -0.2) is 44.0 Å². The molecule has 1 amide bonds. The molecule has 0 aliphatic heterocycles. The molecule has 1 saturated carbocycles. The molecule has 1 aromatic rings. The monoisotopic (exact) mass is 422 g/mol.